The average molecular weight is 295 g/mol. The van der Waals surface area contributed by atoms with Crippen molar-refractivity contribution in [2.75, 3.05) is 13.1 Å². The molecule has 0 amide bonds. The summed E-state index contributed by atoms with van der Waals surface area (Å²) in [5, 5.41) is 0.860. The number of likely N-dealkylation sites (tertiary alicyclic amines) is 1. The molecule has 0 aromatic heterocycles. The molecule has 1 fully saturated rings. The van der Waals surface area contributed by atoms with E-state index in [4.69, 9.17) is 17.3 Å². The summed E-state index contributed by atoms with van der Waals surface area (Å²) >= 11 is 6.26. The fourth-order valence-corrected chi connectivity index (χ4v) is 3.55. The first-order valence-electron chi connectivity index (χ1n) is 7.55. The first kappa shape index (κ1) is 15.8. The minimum absolute atomic E-state index is 0.290. The van der Waals surface area contributed by atoms with E-state index in [2.05, 4.69) is 37.8 Å². The van der Waals surface area contributed by atoms with Crippen LogP contribution in [-0.2, 0) is 6.54 Å². The topological polar surface area (TPSA) is 29.3 Å². The highest BCUT2D eigenvalue weighted by atomic mass is 35.5. The van der Waals surface area contributed by atoms with Crippen LogP contribution in [0.5, 0.6) is 0 Å². The van der Waals surface area contributed by atoms with Crippen molar-refractivity contribution >= 4 is 11.6 Å². The van der Waals surface area contributed by atoms with Gasteiger partial charge in [0.2, 0.25) is 0 Å². The van der Waals surface area contributed by atoms with Crippen LogP contribution in [0.4, 0.5) is 0 Å². The fraction of sp³-hybridized carbons (Fsp3) is 0.647. The zero-order valence-electron chi connectivity index (χ0n) is 12.9. The maximum Gasteiger partial charge on any atom is 0.0451 e. The molecule has 2 nitrogen and oxygen atoms in total. The Morgan fingerprint density at radius 1 is 1.25 bits per heavy atom. The fourth-order valence-electron chi connectivity index (χ4n) is 3.36. The molecular weight excluding hydrogens is 268 g/mol. The van der Waals surface area contributed by atoms with Gasteiger partial charge in [0.25, 0.3) is 0 Å². The average Bonchev–Trinajstić information content (AvgIpc) is 2.29. The van der Waals surface area contributed by atoms with Crippen LogP contribution < -0.4 is 5.73 Å². The Labute approximate surface area is 128 Å². The molecule has 20 heavy (non-hydrogen) atoms. The molecule has 2 unspecified atom stereocenters. The molecule has 3 heteroatoms. The molecule has 0 radical (unpaired) electrons. The zero-order chi connectivity index (χ0) is 14.8. The van der Waals surface area contributed by atoms with E-state index < -0.39 is 0 Å². The Bertz CT molecular complexity index is 439. The molecule has 1 aliphatic rings. The highest BCUT2D eigenvalue weighted by molar-refractivity contribution is 6.31. The third-order valence-electron chi connectivity index (χ3n) is 3.90. The third-order valence-corrected chi connectivity index (χ3v) is 4.27. The third kappa shape index (κ3) is 4.76. The second-order valence-corrected chi connectivity index (χ2v) is 7.82. The van der Waals surface area contributed by atoms with E-state index in [1.54, 1.807) is 0 Å². The summed E-state index contributed by atoms with van der Waals surface area (Å²) in [6, 6.07) is 8.40. The molecule has 1 saturated heterocycles. The molecule has 2 rings (SSSR count). The number of hydrogen-bond donors (Lipinski definition) is 1. The zero-order valence-corrected chi connectivity index (χ0v) is 13.7. The van der Waals surface area contributed by atoms with Gasteiger partial charge in [-0.05, 0) is 35.8 Å². The quantitative estimate of drug-likeness (QED) is 0.915. The Hall–Kier alpha value is -0.570. The molecule has 0 spiro atoms. The van der Waals surface area contributed by atoms with Gasteiger partial charge in [-0.2, -0.15) is 0 Å². The van der Waals surface area contributed by atoms with Gasteiger partial charge in [-0.3, -0.25) is 4.90 Å². The predicted molar refractivity (Wildman–Crippen MR) is 86.9 cm³/mol. The van der Waals surface area contributed by atoms with Crippen molar-refractivity contribution in [2.45, 2.75) is 46.2 Å². The van der Waals surface area contributed by atoms with Crippen molar-refractivity contribution in [2.24, 2.45) is 17.1 Å². The van der Waals surface area contributed by atoms with Gasteiger partial charge in [0.15, 0.2) is 0 Å². The molecule has 112 valence electrons. The number of nitrogens with zero attached hydrogens (tertiary/aromatic N) is 1. The second-order valence-electron chi connectivity index (χ2n) is 7.41. The molecule has 1 aromatic carbocycles. The van der Waals surface area contributed by atoms with E-state index in [-0.39, 0.29) is 0 Å². The lowest BCUT2D eigenvalue weighted by Crippen LogP contribution is -2.47. The van der Waals surface area contributed by atoms with E-state index in [0.29, 0.717) is 17.4 Å². The van der Waals surface area contributed by atoms with Crippen LogP contribution in [0.2, 0.25) is 5.02 Å². The Morgan fingerprint density at radius 2 is 1.95 bits per heavy atom. The summed E-state index contributed by atoms with van der Waals surface area (Å²) < 4.78 is 0. The summed E-state index contributed by atoms with van der Waals surface area (Å²) in [7, 11) is 0. The lowest BCUT2D eigenvalue weighted by atomic mass is 9.80. The van der Waals surface area contributed by atoms with Gasteiger partial charge < -0.3 is 5.73 Å². The summed E-state index contributed by atoms with van der Waals surface area (Å²) in [6.07, 6.45) is 2.38. The number of halogens is 1. The van der Waals surface area contributed by atoms with Gasteiger partial charge in [0.1, 0.15) is 0 Å². The highest BCUT2D eigenvalue weighted by Crippen LogP contribution is 2.30. The van der Waals surface area contributed by atoms with Crippen LogP contribution >= 0.6 is 11.6 Å². The van der Waals surface area contributed by atoms with Crippen molar-refractivity contribution in [3.05, 3.63) is 34.9 Å². The van der Waals surface area contributed by atoms with Gasteiger partial charge >= 0.3 is 0 Å². The minimum Gasteiger partial charge on any atom is -0.327 e. The van der Waals surface area contributed by atoms with Gasteiger partial charge in [0.05, 0.1) is 0 Å². The van der Waals surface area contributed by atoms with E-state index in [9.17, 15) is 0 Å². The summed E-state index contributed by atoms with van der Waals surface area (Å²) in [5.41, 5.74) is 7.83. The maximum absolute atomic E-state index is 6.26. The Morgan fingerprint density at radius 3 is 2.60 bits per heavy atom. The van der Waals surface area contributed by atoms with Gasteiger partial charge in [-0.25, -0.2) is 0 Å². The standard InChI is InChI=1S/C17H27ClN2/c1-17(2,3)9-13-8-15(19)12-20(10-13)11-14-6-4-5-7-16(14)18/h4-7,13,15H,8-12,19H2,1-3H3. The summed E-state index contributed by atoms with van der Waals surface area (Å²) in [5.74, 6) is 0.696. The van der Waals surface area contributed by atoms with Crippen LogP contribution in [0.15, 0.2) is 24.3 Å². The SMILES string of the molecule is CC(C)(C)CC1CC(N)CN(Cc2ccccc2Cl)C1. The molecule has 1 aliphatic heterocycles. The monoisotopic (exact) mass is 294 g/mol. The predicted octanol–water partition coefficient (Wildman–Crippen LogP) is 3.93. The number of piperidine rings is 1. The van der Waals surface area contributed by atoms with E-state index in [0.717, 1.165) is 31.1 Å². The van der Waals surface area contributed by atoms with Crippen LogP contribution in [0.1, 0.15) is 39.2 Å². The Kier molecular flexibility index (Phi) is 5.11. The molecule has 0 saturated carbocycles. The van der Waals surface area contributed by atoms with Crippen molar-refractivity contribution in [1.29, 1.82) is 0 Å². The molecule has 0 bridgehead atoms. The van der Waals surface area contributed by atoms with E-state index in [1.807, 2.05) is 12.1 Å². The molecular formula is C17H27ClN2. The minimum atomic E-state index is 0.290. The van der Waals surface area contributed by atoms with Crippen molar-refractivity contribution < 1.29 is 0 Å². The molecule has 2 N–H and O–H groups in total. The van der Waals surface area contributed by atoms with Gasteiger partial charge in [-0.1, -0.05) is 50.6 Å². The highest BCUT2D eigenvalue weighted by Gasteiger charge is 2.28. The molecule has 2 atom stereocenters. The number of hydrogen-bond acceptors (Lipinski definition) is 2. The molecule has 0 aliphatic carbocycles. The lowest BCUT2D eigenvalue weighted by molar-refractivity contribution is 0.121. The van der Waals surface area contributed by atoms with Crippen molar-refractivity contribution in [1.82, 2.24) is 4.90 Å². The Balaban J connectivity index is 1.99. The van der Waals surface area contributed by atoms with Crippen molar-refractivity contribution in [3.8, 4) is 0 Å². The van der Waals surface area contributed by atoms with Crippen LogP contribution in [-0.4, -0.2) is 24.0 Å². The van der Waals surface area contributed by atoms with Gasteiger partial charge in [-0.15, -0.1) is 0 Å². The van der Waals surface area contributed by atoms with Crippen LogP contribution in [0.3, 0.4) is 0 Å². The lowest BCUT2D eigenvalue weighted by Gasteiger charge is -2.39. The van der Waals surface area contributed by atoms with E-state index in [1.165, 1.54) is 12.0 Å². The number of rotatable bonds is 3. The smallest absolute Gasteiger partial charge is 0.0451 e. The maximum atomic E-state index is 6.26. The molecule has 1 heterocycles. The number of nitrogens with two attached hydrogens (primary N) is 1. The second kappa shape index (κ2) is 6.46. The van der Waals surface area contributed by atoms with E-state index >= 15 is 0 Å². The summed E-state index contributed by atoms with van der Waals surface area (Å²) in [6.45, 7) is 9.96. The van der Waals surface area contributed by atoms with Crippen LogP contribution in [0, 0.1) is 11.3 Å². The largest absolute Gasteiger partial charge is 0.327 e. The first-order valence-corrected chi connectivity index (χ1v) is 7.92. The van der Waals surface area contributed by atoms with Crippen molar-refractivity contribution in [3.63, 3.8) is 0 Å². The van der Waals surface area contributed by atoms with Gasteiger partial charge in [0, 0.05) is 30.7 Å². The summed E-state index contributed by atoms with van der Waals surface area (Å²) in [4.78, 5) is 2.46. The number of benzene rings is 1. The normalized spacial score (nSPS) is 24.9. The van der Waals surface area contributed by atoms with Crippen LogP contribution in [0.25, 0.3) is 0 Å². The molecule has 1 aromatic rings. The first-order chi connectivity index (χ1) is 9.33.